The minimum Gasteiger partial charge on any atom is -0.325 e. The number of rotatable bonds is 3. The van der Waals surface area contributed by atoms with Crippen molar-refractivity contribution in [1.29, 1.82) is 0 Å². The topological polar surface area (TPSA) is 72.2 Å². The quantitative estimate of drug-likeness (QED) is 0.505. The Balaban J connectivity index is 2.95. The number of hydrogen-bond donors (Lipinski definition) is 1. The molecule has 0 saturated heterocycles. The van der Waals surface area contributed by atoms with Gasteiger partial charge in [-0.3, -0.25) is 14.9 Å². The van der Waals surface area contributed by atoms with Crippen molar-refractivity contribution >= 4 is 28.9 Å². The maximum Gasteiger partial charge on any atom is 0.306 e. The predicted octanol–water partition coefficient (Wildman–Crippen LogP) is 2.30. The largest absolute Gasteiger partial charge is 0.325 e. The fraction of sp³-hybridized carbons (Fsp3) is 0.222. The molecule has 1 amide bonds. The number of nitro benzene ring substituents is 1. The van der Waals surface area contributed by atoms with Gasteiger partial charge in [-0.2, -0.15) is 4.39 Å². The summed E-state index contributed by atoms with van der Waals surface area (Å²) in [6.45, 7) is 1.45. The third kappa shape index (κ3) is 2.90. The van der Waals surface area contributed by atoms with E-state index in [1.807, 2.05) is 0 Å². The highest BCUT2D eigenvalue weighted by atomic mass is 35.5. The second-order valence-electron chi connectivity index (χ2n) is 3.03. The summed E-state index contributed by atoms with van der Waals surface area (Å²) in [5.74, 6) is -1.47. The molecular formula is C9H8ClFN2O3. The van der Waals surface area contributed by atoms with Gasteiger partial charge in [-0.25, -0.2) is 0 Å². The van der Waals surface area contributed by atoms with Crippen LogP contribution in [0.15, 0.2) is 18.2 Å². The average Bonchev–Trinajstić information content (AvgIpc) is 2.20. The van der Waals surface area contributed by atoms with Crippen molar-refractivity contribution in [2.24, 2.45) is 0 Å². The molecule has 1 rings (SSSR count). The zero-order valence-electron chi connectivity index (χ0n) is 8.24. The Hall–Kier alpha value is -1.69. The van der Waals surface area contributed by atoms with Crippen LogP contribution in [-0.4, -0.2) is 16.2 Å². The van der Waals surface area contributed by atoms with Gasteiger partial charge in [-0.15, -0.1) is 11.6 Å². The van der Waals surface area contributed by atoms with E-state index in [1.165, 1.54) is 13.0 Å². The minimum absolute atomic E-state index is 0.130. The lowest BCUT2D eigenvalue weighted by Gasteiger charge is -2.06. The molecule has 0 spiro atoms. The molecule has 86 valence electrons. The predicted molar refractivity (Wildman–Crippen MR) is 57.0 cm³/mol. The number of amides is 1. The lowest BCUT2D eigenvalue weighted by Crippen LogP contribution is -2.20. The van der Waals surface area contributed by atoms with E-state index < -0.39 is 27.7 Å². The molecule has 0 aliphatic carbocycles. The van der Waals surface area contributed by atoms with Crippen molar-refractivity contribution in [1.82, 2.24) is 0 Å². The molecule has 0 aliphatic rings. The number of nitrogens with one attached hydrogen (secondary N) is 1. The molecule has 7 heteroatoms. The van der Waals surface area contributed by atoms with Crippen LogP contribution in [0.1, 0.15) is 6.92 Å². The van der Waals surface area contributed by atoms with Gasteiger partial charge < -0.3 is 5.32 Å². The van der Waals surface area contributed by atoms with Gasteiger partial charge in [0, 0.05) is 11.8 Å². The van der Waals surface area contributed by atoms with E-state index in [2.05, 4.69) is 5.32 Å². The number of carbonyl (C=O) groups excluding carboxylic acids is 1. The minimum atomic E-state index is -0.957. The summed E-state index contributed by atoms with van der Waals surface area (Å²) in [6.07, 6.45) is 0. The summed E-state index contributed by atoms with van der Waals surface area (Å²) in [4.78, 5) is 20.7. The van der Waals surface area contributed by atoms with E-state index in [0.29, 0.717) is 0 Å². The Morgan fingerprint density at radius 2 is 2.25 bits per heavy atom. The lowest BCUT2D eigenvalue weighted by atomic mass is 10.2. The number of benzene rings is 1. The summed E-state index contributed by atoms with van der Waals surface area (Å²) in [5.41, 5.74) is -0.564. The van der Waals surface area contributed by atoms with E-state index in [1.54, 1.807) is 0 Å². The van der Waals surface area contributed by atoms with E-state index >= 15 is 0 Å². The van der Waals surface area contributed by atoms with Gasteiger partial charge in [0.1, 0.15) is 5.38 Å². The Kier molecular flexibility index (Phi) is 3.78. The fourth-order valence-corrected chi connectivity index (χ4v) is 1.03. The highest BCUT2D eigenvalue weighted by Crippen LogP contribution is 2.21. The van der Waals surface area contributed by atoms with Gasteiger partial charge in [0.2, 0.25) is 11.7 Å². The first-order valence-corrected chi connectivity index (χ1v) is 4.74. The Labute approximate surface area is 95.4 Å². The number of anilines is 1. The summed E-state index contributed by atoms with van der Waals surface area (Å²) in [5, 5.41) is 12.0. The molecular weight excluding hydrogens is 239 g/mol. The number of carbonyl (C=O) groups is 1. The van der Waals surface area contributed by atoms with Crippen LogP contribution >= 0.6 is 11.6 Å². The zero-order valence-corrected chi connectivity index (χ0v) is 8.99. The Bertz CT molecular complexity index is 437. The summed E-state index contributed by atoms with van der Waals surface area (Å²) in [6, 6.07) is 3.07. The standard InChI is InChI=1S/C9H8ClFN2O3/c1-5(10)9(14)12-6-2-3-7(11)8(4-6)13(15)16/h2-5H,1H3,(H,12,14)/t5-/m0/s1. The second kappa shape index (κ2) is 4.89. The number of alkyl halides is 1. The highest BCUT2D eigenvalue weighted by molar-refractivity contribution is 6.32. The fourth-order valence-electron chi connectivity index (χ4n) is 0.972. The van der Waals surface area contributed by atoms with Crippen molar-refractivity contribution < 1.29 is 14.1 Å². The van der Waals surface area contributed by atoms with Gasteiger partial charge in [0.25, 0.3) is 0 Å². The third-order valence-electron chi connectivity index (χ3n) is 1.77. The summed E-state index contributed by atoms with van der Waals surface area (Å²) >= 11 is 5.49. The van der Waals surface area contributed by atoms with E-state index in [0.717, 1.165) is 12.1 Å². The molecule has 1 aromatic rings. The van der Waals surface area contributed by atoms with Crippen molar-refractivity contribution in [3.05, 3.63) is 34.1 Å². The second-order valence-corrected chi connectivity index (χ2v) is 3.68. The van der Waals surface area contributed by atoms with Gasteiger partial charge >= 0.3 is 5.69 Å². The number of hydrogen-bond acceptors (Lipinski definition) is 3. The van der Waals surface area contributed by atoms with Gasteiger partial charge in [-0.05, 0) is 19.1 Å². The molecule has 0 bridgehead atoms. The molecule has 1 N–H and O–H groups in total. The van der Waals surface area contributed by atoms with Crippen molar-refractivity contribution in [3.63, 3.8) is 0 Å². The first-order valence-electron chi connectivity index (χ1n) is 4.30. The molecule has 0 saturated carbocycles. The van der Waals surface area contributed by atoms with Crippen molar-refractivity contribution in [3.8, 4) is 0 Å². The molecule has 0 radical (unpaired) electrons. The van der Waals surface area contributed by atoms with Crippen LogP contribution in [0, 0.1) is 15.9 Å². The van der Waals surface area contributed by atoms with Gasteiger partial charge in [0.05, 0.1) is 4.92 Å². The van der Waals surface area contributed by atoms with Crippen LogP contribution in [0.5, 0.6) is 0 Å². The summed E-state index contributed by atoms with van der Waals surface area (Å²) < 4.78 is 12.9. The average molecular weight is 247 g/mol. The highest BCUT2D eigenvalue weighted by Gasteiger charge is 2.16. The lowest BCUT2D eigenvalue weighted by molar-refractivity contribution is -0.387. The molecule has 0 heterocycles. The molecule has 0 aromatic heterocycles. The SMILES string of the molecule is C[C@H](Cl)C(=O)Nc1ccc(F)c([N+](=O)[O-])c1. The van der Waals surface area contributed by atoms with Gasteiger partial charge in [-0.1, -0.05) is 0 Å². The monoisotopic (exact) mass is 246 g/mol. The molecule has 1 aromatic carbocycles. The van der Waals surface area contributed by atoms with Crippen LogP contribution in [0.4, 0.5) is 15.8 Å². The van der Waals surface area contributed by atoms with Crippen LogP contribution < -0.4 is 5.32 Å². The first-order chi connectivity index (χ1) is 7.41. The third-order valence-corrected chi connectivity index (χ3v) is 1.97. The van der Waals surface area contributed by atoms with Crippen molar-refractivity contribution in [2.45, 2.75) is 12.3 Å². The van der Waals surface area contributed by atoms with Crippen LogP contribution in [0.2, 0.25) is 0 Å². The van der Waals surface area contributed by atoms with Gasteiger partial charge in [0.15, 0.2) is 0 Å². The van der Waals surface area contributed by atoms with Crippen LogP contribution in [0.3, 0.4) is 0 Å². The smallest absolute Gasteiger partial charge is 0.306 e. The Morgan fingerprint density at radius 1 is 1.62 bits per heavy atom. The number of nitrogens with zero attached hydrogens (tertiary/aromatic N) is 1. The van der Waals surface area contributed by atoms with E-state index in [4.69, 9.17) is 11.6 Å². The summed E-state index contributed by atoms with van der Waals surface area (Å²) in [7, 11) is 0. The van der Waals surface area contributed by atoms with Crippen molar-refractivity contribution in [2.75, 3.05) is 5.32 Å². The normalized spacial score (nSPS) is 11.9. The van der Waals surface area contributed by atoms with E-state index in [9.17, 15) is 19.3 Å². The van der Waals surface area contributed by atoms with E-state index in [-0.39, 0.29) is 5.69 Å². The molecule has 1 atom stereocenters. The molecule has 16 heavy (non-hydrogen) atoms. The molecule has 0 fully saturated rings. The number of nitro groups is 1. The molecule has 0 aliphatic heterocycles. The number of halogens is 2. The first kappa shape index (κ1) is 12.4. The molecule has 0 unspecified atom stereocenters. The maximum absolute atomic E-state index is 12.9. The molecule has 5 nitrogen and oxygen atoms in total. The Morgan fingerprint density at radius 3 is 2.75 bits per heavy atom. The maximum atomic E-state index is 12.9. The zero-order chi connectivity index (χ0) is 12.3. The van der Waals surface area contributed by atoms with Crippen LogP contribution in [-0.2, 0) is 4.79 Å². The van der Waals surface area contributed by atoms with Crippen LogP contribution in [0.25, 0.3) is 0 Å².